The molecule has 0 radical (unpaired) electrons. The van der Waals surface area contributed by atoms with Gasteiger partial charge in [0.15, 0.2) is 16.0 Å². The minimum Gasteiger partial charge on any atom is -0.319 e. The van der Waals surface area contributed by atoms with E-state index in [4.69, 9.17) is 0 Å². The number of rotatable bonds is 4. The predicted octanol–water partition coefficient (Wildman–Crippen LogP) is 1.44. The van der Waals surface area contributed by atoms with Gasteiger partial charge in [-0.05, 0) is 24.3 Å². The number of hydrogen-bond acceptors (Lipinski definition) is 4. The minimum atomic E-state index is -1.45. The third kappa shape index (κ3) is 2.96. The third-order valence-electron chi connectivity index (χ3n) is 2.88. The van der Waals surface area contributed by atoms with Crippen molar-refractivity contribution < 1.29 is 9.00 Å². The second kappa shape index (κ2) is 5.94. The van der Waals surface area contributed by atoms with Gasteiger partial charge in [-0.1, -0.05) is 6.07 Å². The van der Waals surface area contributed by atoms with Crippen LogP contribution in [0.3, 0.4) is 0 Å². The van der Waals surface area contributed by atoms with Crippen LogP contribution in [0.5, 0.6) is 0 Å². The van der Waals surface area contributed by atoms with Crippen molar-refractivity contribution in [2.75, 3.05) is 5.32 Å². The van der Waals surface area contributed by atoms with Gasteiger partial charge in [0.1, 0.15) is 5.69 Å². The first-order valence-corrected chi connectivity index (χ1v) is 7.56. The smallest absolute Gasteiger partial charge is 0.274 e. The van der Waals surface area contributed by atoms with E-state index in [1.165, 1.54) is 3.97 Å². The maximum Gasteiger partial charge on any atom is 0.274 e. The van der Waals surface area contributed by atoms with Crippen molar-refractivity contribution >= 4 is 22.6 Å². The summed E-state index contributed by atoms with van der Waals surface area (Å²) in [4.78, 5) is 16.0. The number of amides is 1. The number of aryl methyl sites for hydroxylation is 1. The summed E-state index contributed by atoms with van der Waals surface area (Å²) < 4.78 is 15.4. The normalized spacial score (nSPS) is 12.0. The molecule has 7 nitrogen and oxygen atoms in total. The van der Waals surface area contributed by atoms with E-state index in [2.05, 4.69) is 15.4 Å². The Hall–Kier alpha value is -2.74. The van der Waals surface area contributed by atoms with Crippen LogP contribution in [-0.4, -0.2) is 28.9 Å². The van der Waals surface area contributed by atoms with Crippen molar-refractivity contribution in [3.05, 3.63) is 60.8 Å². The number of hydrogen-bond donors (Lipinski definition) is 1. The molecular weight excluding hydrogens is 302 g/mol. The van der Waals surface area contributed by atoms with Gasteiger partial charge in [0.2, 0.25) is 0 Å². The summed E-state index contributed by atoms with van der Waals surface area (Å²) in [7, 11) is 0.312. The zero-order chi connectivity index (χ0) is 15.5. The molecule has 0 bridgehead atoms. The molecule has 0 aliphatic rings. The Balaban J connectivity index is 1.74. The Bertz CT molecular complexity index is 825. The minimum absolute atomic E-state index is 0.318. The number of pyridine rings is 1. The molecule has 0 spiro atoms. The van der Waals surface area contributed by atoms with Gasteiger partial charge in [0.25, 0.3) is 5.91 Å². The summed E-state index contributed by atoms with van der Waals surface area (Å²) in [6, 6.07) is 8.45. The Morgan fingerprint density at radius 3 is 2.77 bits per heavy atom. The van der Waals surface area contributed by atoms with Crippen LogP contribution in [0.25, 0.3) is 0 Å². The van der Waals surface area contributed by atoms with E-state index in [0.717, 1.165) is 0 Å². The first kappa shape index (κ1) is 14.2. The lowest BCUT2D eigenvalue weighted by atomic mass is 10.3. The molecule has 22 heavy (non-hydrogen) atoms. The highest BCUT2D eigenvalue weighted by Crippen LogP contribution is 2.13. The topological polar surface area (TPSA) is 81.8 Å². The van der Waals surface area contributed by atoms with Crippen molar-refractivity contribution in [3.63, 3.8) is 0 Å². The molecule has 0 saturated heterocycles. The number of aromatic nitrogens is 4. The van der Waals surface area contributed by atoms with Crippen molar-refractivity contribution in [3.8, 4) is 0 Å². The molecular formula is C14H13N5O2S. The predicted molar refractivity (Wildman–Crippen MR) is 81.6 cm³/mol. The molecule has 1 atom stereocenters. The van der Waals surface area contributed by atoms with Gasteiger partial charge in [0.05, 0.1) is 5.69 Å². The van der Waals surface area contributed by atoms with Crippen molar-refractivity contribution in [2.24, 2.45) is 7.05 Å². The number of nitrogens with zero attached hydrogens (tertiary/aromatic N) is 4. The van der Waals surface area contributed by atoms with Crippen LogP contribution in [0, 0.1) is 0 Å². The average molecular weight is 315 g/mol. The highest BCUT2D eigenvalue weighted by molar-refractivity contribution is 7.83. The number of anilines is 1. The van der Waals surface area contributed by atoms with Crippen LogP contribution in [-0.2, 0) is 18.0 Å². The molecule has 112 valence electrons. The van der Waals surface area contributed by atoms with Gasteiger partial charge in [-0.25, -0.2) is 4.21 Å². The number of nitrogens with one attached hydrogen (secondary N) is 1. The Morgan fingerprint density at radius 1 is 1.23 bits per heavy atom. The molecule has 8 heteroatoms. The molecule has 0 saturated carbocycles. The van der Waals surface area contributed by atoms with Gasteiger partial charge >= 0.3 is 0 Å². The zero-order valence-electron chi connectivity index (χ0n) is 11.7. The average Bonchev–Trinajstić information content (AvgIpc) is 3.16. The van der Waals surface area contributed by atoms with Crippen molar-refractivity contribution in [2.45, 2.75) is 5.03 Å². The summed E-state index contributed by atoms with van der Waals surface area (Å²) in [5, 5.41) is 7.26. The fraction of sp³-hybridized carbons (Fsp3) is 0.0714. The van der Waals surface area contributed by atoms with Crippen LogP contribution in [0.4, 0.5) is 5.69 Å². The lowest BCUT2D eigenvalue weighted by molar-refractivity contribution is 0.102. The molecule has 1 N–H and O–H groups in total. The third-order valence-corrected chi connectivity index (χ3v) is 4.07. The second-order valence-electron chi connectivity index (χ2n) is 4.51. The standard InChI is InChI=1S/C14H13N5O2S/c1-18-8-6-13(17-18)22(21)19-9-5-11(10-19)16-14(20)12-4-2-3-7-15-12/h2-10H,1H3,(H,16,20). The van der Waals surface area contributed by atoms with E-state index in [9.17, 15) is 9.00 Å². The van der Waals surface area contributed by atoms with Crippen molar-refractivity contribution in [1.29, 1.82) is 0 Å². The van der Waals surface area contributed by atoms with E-state index in [0.29, 0.717) is 16.4 Å². The molecule has 0 fully saturated rings. The summed E-state index contributed by atoms with van der Waals surface area (Å²) in [6.45, 7) is 0. The zero-order valence-corrected chi connectivity index (χ0v) is 12.5. The molecule has 3 aromatic heterocycles. The van der Waals surface area contributed by atoms with E-state index >= 15 is 0 Å². The van der Waals surface area contributed by atoms with Crippen LogP contribution in [0.15, 0.2) is 60.1 Å². The van der Waals surface area contributed by atoms with Crippen LogP contribution in [0.1, 0.15) is 10.5 Å². The molecule has 0 aliphatic carbocycles. The van der Waals surface area contributed by atoms with Gasteiger partial charge in [-0.2, -0.15) is 5.10 Å². The van der Waals surface area contributed by atoms with Crippen LogP contribution in [0.2, 0.25) is 0 Å². The monoisotopic (exact) mass is 315 g/mol. The van der Waals surface area contributed by atoms with Gasteiger partial charge in [-0.3, -0.25) is 18.4 Å². The van der Waals surface area contributed by atoms with E-state index in [1.54, 1.807) is 66.8 Å². The lowest BCUT2D eigenvalue weighted by Gasteiger charge is -2.02. The number of carbonyl (C=O) groups is 1. The summed E-state index contributed by atoms with van der Waals surface area (Å²) in [5.41, 5.74) is 0.862. The largest absolute Gasteiger partial charge is 0.319 e. The maximum absolute atomic E-state index is 12.3. The molecule has 0 aromatic carbocycles. The Kier molecular flexibility index (Phi) is 3.84. The maximum atomic E-state index is 12.3. The highest BCUT2D eigenvalue weighted by Gasteiger charge is 2.12. The highest BCUT2D eigenvalue weighted by atomic mass is 32.2. The van der Waals surface area contributed by atoms with Gasteiger partial charge in [-0.15, -0.1) is 0 Å². The van der Waals surface area contributed by atoms with Gasteiger partial charge in [0, 0.05) is 31.8 Å². The molecule has 3 rings (SSSR count). The number of carbonyl (C=O) groups excluding carboxylic acids is 1. The van der Waals surface area contributed by atoms with Gasteiger partial charge < -0.3 is 5.32 Å². The molecule has 3 aromatic rings. The summed E-state index contributed by atoms with van der Waals surface area (Å²) in [5.74, 6) is -0.318. The molecule has 0 aliphatic heterocycles. The fourth-order valence-corrected chi connectivity index (χ4v) is 2.81. The first-order valence-electron chi connectivity index (χ1n) is 6.46. The SMILES string of the molecule is Cn1ccc(S(=O)n2ccc(NC(=O)c3ccccn3)c2)n1. The molecule has 3 heterocycles. The van der Waals surface area contributed by atoms with Crippen molar-refractivity contribution in [1.82, 2.24) is 18.7 Å². The van der Waals surface area contributed by atoms with Crippen LogP contribution >= 0.6 is 0 Å². The first-order chi connectivity index (χ1) is 10.6. The molecule has 1 unspecified atom stereocenters. The lowest BCUT2D eigenvalue weighted by Crippen LogP contribution is -2.13. The molecule has 1 amide bonds. The van der Waals surface area contributed by atoms with E-state index < -0.39 is 11.0 Å². The second-order valence-corrected chi connectivity index (χ2v) is 5.84. The van der Waals surface area contributed by atoms with E-state index in [1.807, 2.05) is 0 Å². The Morgan fingerprint density at radius 2 is 2.09 bits per heavy atom. The summed E-state index contributed by atoms with van der Waals surface area (Å²) >= 11 is 0. The Labute approximate surface area is 129 Å². The van der Waals surface area contributed by atoms with E-state index in [-0.39, 0.29) is 5.91 Å². The summed E-state index contributed by atoms with van der Waals surface area (Å²) in [6.07, 6.45) is 6.49. The van der Waals surface area contributed by atoms with Crippen LogP contribution < -0.4 is 5.32 Å². The quantitative estimate of drug-likeness (QED) is 0.790. The fourth-order valence-electron chi connectivity index (χ4n) is 1.84.